The molecule has 0 aliphatic heterocycles. The molecule has 3 N–H and O–H groups in total. The number of nitrogens with two attached hydrogens (primary N) is 1. The minimum Gasteiger partial charge on any atom is -0.481 e. The summed E-state index contributed by atoms with van der Waals surface area (Å²) in [6, 6.07) is 5.97. The Balaban J connectivity index is 3.11. The summed E-state index contributed by atoms with van der Waals surface area (Å²) in [4.78, 5) is 11.5. The van der Waals surface area contributed by atoms with Crippen LogP contribution in [-0.2, 0) is 10.2 Å². The smallest absolute Gasteiger partial charge is 0.315 e. The van der Waals surface area contributed by atoms with Crippen molar-refractivity contribution in [2.45, 2.75) is 18.3 Å². The van der Waals surface area contributed by atoms with Crippen molar-refractivity contribution < 1.29 is 14.3 Å². The van der Waals surface area contributed by atoms with Crippen LogP contribution in [0, 0.1) is 5.82 Å². The van der Waals surface area contributed by atoms with Crippen LogP contribution in [0.5, 0.6) is 0 Å². The summed E-state index contributed by atoms with van der Waals surface area (Å²) in [5.74, 6) is -0.727. The van der Waals surface area contributed by atoms with Crippen LogP contribution in [0.4, 0.5) is 4.39 Å². The van der Waals surface area contributed by atoms with Gasteiger partial charge in [-0.05, 0) is 30.9 Å². The standard InChI is InChI=1S/C13H18FNO2S/c1-18-8-4-7-13(9-15,12(16)17)10-5-2-3-6-11(10)14/h2-3,5-6H,4,7-9,15H2,1H3,(H,16,17). The number of aliphatic carboxylic acids is 1. The zero-order valence-electron chi connectivity index (χ0n) is 10.4. The molecular weight excluding hydrogens is 253 g/mol. The fourth-order valence-corrected chi connectivity index (χ4v) is 2.46. The van der Waals surface area contributed by atoms with Crippen molar-refractivity contribution in [2.75, 3.05) is 18.6 Å². The second-order valence-electron chi connectivity index (χ2n) is 4.17. The highest BCUT2D eigenvalue weighted by Gasteiger charge is 2.40. The third kappa shape index (κ3) is 3.03. The molecule has 0 saturated heterocycles. The summed E-state index contributed by atoms with van der Waals surface area (Å²) < 4.78 is 13.8. The molecule has 18 heavy (non-hydrogen) atoms. The molecule has 1 aromatic carbocycles. The normalized spacial score (nSPS) is 14.2. The van der Waals surface area contributed by atoms with Crippen molar-refractivity contribution in [3.63, 3.8) is 0 Å². The van der Waals surface area contributed by atoms with E-state index in [1.165, 1.54) is 12.1 Å². The molecule has 0 spiro atoms. The van der Waals surface area contributed by atoms with Gasteiger partial charge in [-0.1, -0.05) is 18.2 Å². The zero-order chi connectivity index (χ0) is 13.6. The first-order valence-electron chi connectivity index (χ1n) is 5.76. The van der Waals surface area contributed by atoms with E-state index in [2.05, 4.69) is 0 Å². The Labute approximate surface area is 111 Å². The van der Waals surface area contributed by atoms with Crippen molar-refractivity contribution in [2.24, 2.45) is 5.73 Å². The average Bonchev–Trinajstić information content (AvgIpc) is 2.36. The molecule has 0 fully saturated rings. The van der Waals surface area contributed by atoms with Crippen molar-refractivity contribution in [3.05, 3.63) is 35.6 Å². The van der Waals surface area contributed by atoms with Crippen LogP contribution in [0.1, 0.15) is 18.4 Å². The van der Waals surface area contributed by atoms with E-state index in [0.29, 0.717) is 12.8 Å². The Bertz CT molecular complexity index is 414. The second kappa shape index (κ2) is 6.75. The first-order chi connectivity index (χ1) is 8.58. The molecule has 5 heteroatoms. The zero-order valence-corrected chi connectivity index (χ0v) is 11.2. The van der Waals surface area contributed by atoms with Crippen LogP contribution >= 0.6 is 11.8 Å². The lowest BCUT2D eigenvalue weighted by molar-refractivity contribution is -0.144. The van der Waals surface area contributed by atoms with E-state index in [9.17, 15) is 14.3 Å². The van der Waals surface area contributed by atoms with Crippen molar-refractivity contribution in [1.29, 1.82) is 0 Å². The minimum atomic E-state index is -1.32. The number of carboxylic acids is 1. The van der Waals surface area contributed by atoms with Gasteiger partial charge in [-0.2, -0.15) is 11.8 Å². The number of carbonyl (C=O) groups is 1. The Morgan fingerprint density at radius 3 is 2.67 bits per heavy atom. The molecule has 0 heterocycles. The van der Waals surface area contributed by atoms with E-state index in [1.54, 1.807) is 23.9 Å². The van der Waals surface area contributed by atoms with Crippen LogP contribution in [0.2, 0.25) is 0 Å². The van der Waals surface area contributed by atoms with Gasteiger partial charge >= 0.3 is 5.97 Å². The van der Waals surface area contributed by atoms with Gasteiger partial charge in [-0.25, -0.2) is 4.39 Å². The topological polar surface area (TPSA) is 63.3 Å². The summed E-state index contributed by atoms with van der Waals surface area (Å²) in [7, 11) is 0. The van der Waals surface area contributed by atoms with Gasteiger partial charge in [0.1, 0.15) is 11.2 Å². The summed E-state index contributed by atoms with van der Waals surface area (Å²) in [6.45, 7) is -0.0996. The van der Waals surface area contributed by atoms with Crippen molar-refractivity contribution in [3.8, 4) is 0 Å². The highest BCUT2D eigenvalue weighted by Crippen LogP contribution is 2.31. The Morgan fingerprint density at radius 2 is 2.17 bits per heavy atom. The van der Waals surface area contributed by atoms with Gasteiger partial charge in [-0.15, -0.1) is 0 Å². The van der Waals surface area contributed by atoms with Crippen LogP contribution in [0.25, 0.3) is 0 Å². The average molecular weight is 271 g/mol. The minimum absolute atomic E-state index is 0.0996. The number of halogens is 1. The molecule has 100 valence electrons. The number of hydrogen-bond donors (Lipinski definition) is 2. The van der Waals surface area contributed by atoms with Gasteiger partial charge in [-0.3, -0.25) is 4.79 Å². The lowest BCUT2D eigenvalue weighted by Crippen LogP contribution is -2.43. The predicted octanol–water partition coefficient (Wildman–Crippen LogP) is 2.25. The Hall–Kier alpha value is -1.07. The van der Waals surface area contributed by atoms with Crippen LogP contribution < -0.4 is 5.73 Å². The van der Waals surface area contributed by atoms with Crippen molar-refractivity contribution in [1.82, 2.24) is 0 Å². The van der Waals surface area contributed by atoms with Gasteiger partial charge < -0.3 is 10.8 Å². The van der Waals surface area contributed by atoms with E-state index in [4.69, 9.17) is 5.73 Å². The molecule has 1 rings (SSSR count). The monoisotopic (exact) mass is 271 g/mol. The van der Waals surface area contributed by atoms with E-state index in [1.807, 2.05) is 6.26 Å². The van der Waals surface area contributed by atoms with Crippen molar-refractivity contribution >= 4 is 17.7 Å². The molecule has 1 aromatic rings. The molecule has 0 aliphatic rings. The van der Waals surface area contributed by atoms with Gasteiger partial charge in [0.25, 0.3) is 0 Å². The fourth-order valence-electron chi connectivity index (χ4n) is 2.02. The van der Waals surface area contributed by atoms with E-state index >= 15 is 0 Å². The quantitative estimate of drug-likeness (QED) is 0.747. The molecule has 1 unspecified atom stereocenters. The SMILES string of the molecule is CSCCCC(CN)(C(=O)O)c1ccccc1F. The predicted molar refractivity (Wildman–Crippen MR) is 72.4 cm³/mol. The summed E-state index contributed by atoms with van der Waals surface area (Å²) >= 11 is 1.64. The molecule has 0 radical (unpaired) electrons. The number of hydrogen-bond acceptors (Lipinski definition) is 3. The molecule has 3 nitrogen and oxygen atoms in total. The van der Waals surface area contributed by atoms with Gasteiger partial charge in [0.2, 0.25) is 0 Å². The largest absolute Gasteiger partial charge is 0.481 e. The number of rotatable bonds is 7. The fraction of sp³-hybridized carbons (Fsp3) is 0.462. The second-order valence-corrected chi connectivity index (χ2v) is 5.15. The highest BCUT2D eigenvalue weighted by atomic mass is 32.2. The van der Waals surface area contributed by atoms with Gasteiger partial charge in [0, 0.05) is 12.1 Å². The number of carboxylic acid groups (broad SMARTS) is 1. The van der Waals surface area contributed by atoms with Crippen LogP contribution in [0.15, 0.2) is 24.3 Å². The van der Waals surface area contributed by atoms with Crippen LogP contribution in [-0.4, -0.2) is 29.6 Å². The molecule has 0 amide bonds. The van der Waals surface area contributed by atoms with Gasteiger partial charge in [0.15, 0.2) is 0 Å². The summed E-state index contributed by atoms with van der Waals surface area (Å²) in [5.41, 5.74) is 4.50. The lowest BCUT2D eigenvalue weighted by Gasteiger charge is -2.28. The molecule has 0 aliphatic carbocycles. The Morgan fingerprint density at radius 1 is 1.50 bits per heavy atom. The molecule has 0 saturated carbocycles. The van der Waals surface area contributed by atoms with Gasteiger partial charge in [0.05, 0.1) is 0 Å². The van der Waals surface area contributed by atoms with E-state index in [0.717, 1.165) is 5.75 Å². The first kappa shape index (κ1) is 15.0. The maximum atomic E-state index is 13.8. The lowest BCUT2D eigenvalue weighted by atomic mass is 9.76. The third-order valence-electron chi connectivity index (χ3n) is 3.10. The Kier molecular flexibility index (Phi) is 5.62. The van der Waals surface area contributed by atoms with E-state index in [-0.39, 0.29) is 12.1 Å². The molecular formula is C13H18FNO2S. The van der Waals surface area contributed by atoms with Crippen LogP contribution in [0.3, 0.4) is 0 Å². The molecule has 0 bridgehead atoms. The molecule has 1 atom stereocenters. The molecule has 0 aromatic heterocycles. The highest BCUT2D eigenvalue weighted by molar-refractivity contribution is 7.98. The first-order valence-corrected chi connectivity index (χ1v) is 7.15. The third-order valence-corrected chi connectivity index (χ3v) is 3.80. The number of thioether (sulfide) groups is 1. The number of benzene rings is 1. The maximum absolute atomic E-state index is 13.8. The van der Waals surface area contributed by atoms with E-state index < -0.39 is 17.2 Å². The summed E-state index contributed by atoms with van der Waals surface area (Å²) in [6.07, 6.45) is 2.99. The maximum Gasteiger partial charge on any atom is 0.315 e. The summed E-state index contributed by atoms with van der Waals surface area (Å²) in [5, 5.41) is 9.45.